The summed E-state index contributed by atoms with van der Waals surface area (Å²) in [4.78, 5) is 0. The fraction of sp³-hybridized carbons (Fsp3) is 0.214. The van der Waals surface area contributed by atoms with Gasteiger partial charge < -0.3 is 0 Å². The van der Waals surface area contributed by atoms with Gasteiger partial charge in [0.15, 0.2) is 0 Å². The Morgan fingerprint density at radius 2 is 1.83 bits per heavy atom. The van der Waals surface area contributed by atoms with Crippen molar-refractivity contribution in [3.8, 4) is 0 Å². The van der Waals surface area contributed by atoms with E-state index in [1.54, 1.807) is 0 Å². The van der Waals surface area contributed by atoms with Crippen LogP contribution in [0.15, 0.2) is 52.5 Å². The Balaban J connectivity index is 3.30. The van der Waals surface area contributed by atoms with Gasteiger partial charge >= 0.3 is 0 Å². The van der Waals surface area contributed by atoms with Gasteiger partial charge in [-0.1, -0.05) is 42.5 Å². The van der Waals surface area contributed by atoms with Gasteiger partial charge in [-0.15, -0.1) is 0 Å². The van der Waals surface area contributed by atoms with E-state index in [2.05, 4.69) is 4.40 Å². The molecule has 0 saturated carbocycles. The van der Waals surface area contributed by atoms with Crippen LogP contribution in [0, 0.1) is 0 Å². The zero-order chi connectivity index (χ0) is 13.6. The third kappa shape index (κ3) is 4.67. The molecule has 0 radical (unpaired) electrons. The predicted octanol–water partition coefficient (Wildman–Crippen LogP) is 3.07. The topological polar surface area (TPSA) is 46.5 Å². The van der Waals surface area contributed by atoms with Crippen LogP contribution in [0.4, 0.5) is 0 Å². The van der Waals surface area contributed by atoms with Crippen molar-refractivity contribution in [2.45, 2.75) is 13.8 Å². The molecular formula is C14H17NO2S. The number of allylic oxidation sites excluding steroid dienone is 4. The summed E-state index contributed by atoms with van der Waals surface area (Å²) in [7, 11) is -3.36. The van der Waals surface area contributed by atoms with Crippen LogP contribution in [-0.4, -0.2) is 20.9 Å². The Bertz CT molecular complexity index is 581. The molecule has 0 N–H and O–H groups in total. The van der Waals surface area contributed by atoms with Crippen LogP contribution in [0.3, 0.4) is 0 Å². The number of nitrogens with zero attached hydrogens (tertiary/aromatic N) is 1. The highest BCUT2D eigenvalue weighted by Crippen LogP contribution is 2.18. The molecule has 0 aliphatic heterocycles. The van der Waals surface area contributed by atoms with Crippen LogP contribution in [0.5, 0.6) is 0 Å². The molecule has 1 aromatic rings. The van der Waals surface area contributed by atoms with Gasteiger partial charge in [-0.25, -0.2) is 8.42 Å². The molecule has 1 aromatic carbocycles. The molecule has 4 heteroatoms. The molecule has 0 aliphatic carbocycles. The number of sulfonamides is 1. The number of hydrogen-bond donors (Lipinski definition) is 0. The van der Waals surface area contributed by atoms with Crippen LogP contribution < -0.4 is 0 Å². The molecule has 18 heavy (non-hydrogen) atoms. The van der Waals surface area contributed by atoms with Crippen LogP contribution in [0.1, 0.15) is 19.4 Å². The van der Waals surface area contributed by atoms with Crippen molar-refractivity contribution < 1.29 is 8.42 Å². The van der Waals surface area contributed by atoms with E-state index in [9.17, 15) is 8.42 Å². The van der Waals surface area contributed by atoms with E-state index >= 15 is 0 Å². The van der Waals surface area contributed by atoms with Crippen molar-refractivity contribution in [2.24, 2.45) is 4.40 Å². The molecule has 0 heterocycles. The van der Waals surface area contributed by atoms with Crippen molar-refractivity contribution in [3.05, 3.63) is 53.6 Å². The quantitative estimate of drug-likeness (QED) is 0.619. The van der Waals surface area contributed by atoms with E-state index < -0.39 is 10.0 Å². The molecule has 0 atom stereocenters. The predicted molar refractivity (Wildman–Crippen MR) is 77.2 cm³/mol. The number of hydrogen-bond acceptors (Lipinski definition) is 2. The first-order valence-electron chi connectivity index (χ1n) is 5.58. The summed E-state index contributed by atoms with van der Waals surface area (Å²) in [5.41, 5.74) is 2.72. The highest BCUT2D eigenvalue weighted by molar-refractivity contribution is 7.89. The lowest BCUT2D eigenvalue weighted by Gasteiger charge is -2.05. The lowest BCUT2D eigenvalue weighted by atomic mass is 10.0. The van der Waals surface area contributed by atoms with Gasteiger partial charge in [-0.2, -0.15) is 4.40 Å². The first-order valence-corrected chi connectivity index (χ1v) is 7.43. The van der Waals surface area contributed by atoms with Gasteiger partial charge in [0.05, 0.1) is 6.26 Å². The van der Waals surface area contributed by atoms with Gasteiger partial charge in [0.2, 0.25) is 10.0 Å². The Morgan fingerprint density at radius 1 is 1.22 bits per heavy atom. The number of rotatable bonds is 4. The third-order valence-electron chi connectivity index (χ3n) is 2.30. The largest absolute Gasteiger partial charge is 0.250 e. The van der Waals surface area contributed by atoms with E-state index in [-0.39, 0.29) is 0 Å². The van der Waals surface area contributed by atoms with Crippen molar-refractivity contribution in [1.82, 2.24) is 0 Å². The molecular weight excluding hydrogens is 246 g/mol. The summed E-state index contributed by atoms with van der Waals surface area (Å²) in [5.74, 6) is 0. The molecule has 1 rings (SSSR count). The monoisotopic (exact) mass is 263 g/mol. The van der Waals surface area contributed by atoms with Crippen molar-refractivity contribution in [1.29, 1.82) is 0 Å². The average Bonchev–Trinajstić information content (AvgIpc) is 2.29. The highest BCUT2D eigenvalue weighted by Gasteiger charge is 2.03. The standard InChI is InChI=1S/C14H17NO2S/c1-4-8-12(2)14(11-15-18(3,16)17)13-9-6-5-7-10-13/h4-11H,1-3H3/b8-4-,14-12-,15-11+. The Labute approximate surface area is 109 Å². The Hall–Kier alpha value is -1.68. The maximum Gasteiger partial charge on any atom is 0.250 e. The smallest absolute Gasteiger partial charge is 0.205 e. The number of benzene rings is 1. The second kappa shape index (κ2) is 6.31. The van der Waals surface area contributed by atoms with E-state index in [1.165, 1.54) is 6.21 Å². The van der Waals surface area contributed by atoms with Crippen molar-refractivity contribution >= 4 is 21.8 Å². The highest BCUT2D eigenvalue weighted by atomic mass is 32.2. The summed E-state index contributed by atoms with van der Waals surface area (Å²) in [6.07, 6.45) is 6.32. The lowest BCUT2D eigenvalue weighted by Crippen LogP contribution is -1.95. The fourth-order valence-electron chi connectivity index (χ4n) is 1.51. The van der Waals surface area contributed by atoms with Crippen LogP contribution in [-0.2, 0) is 10.0 Å². The minimum absolute atomic E-state index is 0.805. The molecule has 96 valence electrons. The molecule has 0 amide bonds. The Morgan fingerprint density at radius 3 is 2.33 bits per heavy atom. The molecule has 0 aromatic heterocycles. The first-order chi connectivity index (χ1) is 8.44. The minimum Gasteiger partial charge on any atom is -0.205 e. The summed E-state index contributed by atoms with van der Waals surface area (Å²) < 4.78 is 25.8. The molecule has 0 unspecified atom stereocenters. The fourth-order valence-corrected chi connectivity index (χ4v) is 1.81. The van der Waals surface area contributed by atoms with E-state index in [0.29, 0.717) is 0 Å². The van der Waals surface area contributed by atoms with Crippen molar-refractivity contribution in [2.75, 3.05) is 6.26 Å². The van der Waals surface area contributed by atoms with Gasteiger partial charge in [-0.05, 0) is 25.0 Å². The van der Waals surface area contributed by atoms with Crippen LogP contribution >= 0.6 is 0 Å². The summed E-state index contributed by atoms with van der Waals surface area (Å²) in [5, 5.41) is 0. The molecule has 3 nitrogen and oxygen atoms in total. The molecule has 0 saturated heterocycles. The van der Waals surface area contributed by atoms with E-state index in [4.69, 9.17) is 0 Å². The summed E-state index contributed by atoms with van der Waals surface area (Å²) in [6.45, 7) is 3.84. The molecule has 0 fully saturated rings. The van der Waals surface area contributed by atoms with Crippen molar-refractivity contribution in [3.63, 3.8) is 0 Å². The summed E-state index contributed by atoms with van der Waals surface area (Å²) >= 11 is 0. The minimum atomic E-state index is -3.36. The first kappa shape index (κ1) is 14.4. The van der Waals surface area contributed by atoms with Gasteiger partial charge in [0.1, 0.15) is 0 Å². The molecule has 0 spiro atoms. The second-order valence-corrected chi connectivity index (χ2v) is 5.61. The van der Waals surface area contributed by atoms with E-state index in [0.717, 1.165) is 23.0 Å². The average molecular weight is 263 g/mol. The van der Waals surface area contributed by atoms with Gasteiger partial charge in [0, 0.05) is 11.8 Å². The van der Waals surface area contributed by atoms with Gasteiger partial charge in [-0.3, -0.25) is 0 Å². The summed E-state index contributed by atoms with van der Waals surface area (Å²) in [6, 6.07) is 9.59. The normalized spacial score (nSPS) is 14.2. The maximum atomic E-state index is 11.1. The SMILES string of the molecule is C\C=C/C(C)=C(/C=N/S(C)(=O)=O)c1ccccc1. The second-order valence-electron chi connectivity index (χ2n) is 3.93. The lowest BCUT2D eigenvalue weighted by molar-refractivity contribution is 0.604. The molecule has 0 aliphatic rings. The van der Waals surface area contributed by atoms with Crippen LogP contribution in [0.2, 0.25) is 0 Å². The van der Waals surface area contributed by atoms with Crippen LogP contribution in [0.25, 0.3) is 5.57 Å². The maximum absolute atomic E-state index is 11.1. The van der Waals surface area contributed by atoms with Gasteiger partial charge in [0.25, 0.3) is 0 Å². The zero-order valence-electron chi connectivity index (χ0n) is 10.8. The molecule has 0 bridgehead atoms. The van der Waals surface area contributed by atoms with E-state index in [1.807, 2.05) is 56.3 Å². The zero-order valence-corrected chi connectivity index (χ0v) is 11.6. The third-order valence-corrected chi connectivity index (χ3v) is 2.79. The Kier molecular flexibility index (Phi) is 5.04.